The molecule has 0 saturated heterocycles. The SMILES string of the molecule is c1ccc(-c2nc(-c3ccc(-c4ccc5ccccc5c4)cc3)nc(-c3cc4oc5c(-c6ccccc6)cccc5c4c4ccccc34)n2)cc1. The van der Waals surface area contributed by atoms with Crippen molar-refractivity contribution in [2.45, 2.75) is 0 Å². The number of nitrogens with zero attached hydrogens (tertiary/aromatic N) is 3. The third-order valence-corrected chi connectivity index (χ3v) is 9.72. The fourth-order valence-electron chi connectivity index (χ4n) is 7.21. The second-order valence-corrected chi connectivity index (χ2v) is 12.8. The Morgan fingerprint density at radius 2 is 0.902 bits per heavy atom. The lowest BCUT2D eigenvalue weighted by Gasteiger charge is -2.11. The zero-order valence-electron chi connectivity index (χ0n) is 27.5. The largest absolute Gasteiger partial charge is 0.455 e. The van der Waals surface area contributed by atoms with Crippen LogP contribution in [0.1, 0.15) is 0 Å². The maximum Gasteiger partial charge on any atom is 0.164 e. The Morgan fingerprint density at radius 3 is 1.67 bits per heavy atom. The van der Waals surface area contributed by atoms with Gasteiger partial charge in [0.1, 0.15) is 11.2 Å². The minimum Gasteiger partial charge on any atom is -0.455 e. The number of fused-ring (bicyclic) bond motifs is 6. The van der Waals surface area contributed by atoms with Crippen LogP contribution in [0.4, 0.5) is 0 Å². The maximum absolute atomic E-state index is 6.75. The average Bonchev–Trinajstić information content (AvgIpc) is 3.60. The molecule has 8 aromatic carbocycles. The predicted molar refractivity (Wildman–Crippen MR) is 209 cm³/mol. The predicted octanol–water partition coefficient (Wildman–Crippen LogP) is 12.4. The summed E-state index contributed by atoms with van der Waals surface area (Å²) in [7, 11) is 0. The van der Waals surface area contributed by atoms with Gasteiger partial charge >= 0.3 is 0 Å². The summed E-state index contributed by atoms with van der Waals surface area (Å²) in [4.78, 5) is 15.3. The molecule has 0 N–H and O–H groups in total. The van der Waals surface area contributed by atoms with Crippen LogP contribution in [-0.2, 0) is 0 Å². The maximum atomic E-state index is 6.75. The van der Waals surface area contributed by atoms with Crippen molar-refractivity contribution in [2.24, 2.45) is 0 Å². The van der Waals surface area contributed by atoms with Crippen molar-refractivity contribution in [2.75, 3.05) is 0 Å². The van der Waals surface area contributed by atoms with Gasteiger partial charge in [-0.15, -0.1) is 0 Å². The lowest BCUT2D eigenvalue weighted by atomic mass is 9.97. The zero-order chi connectivity index (χ0) is 33.7. The van der Waals surface area contributed by atoms with E-state index in [1.54, 1.807) is 0 Å². The molecule has 0 spiro atoms. The Balaban J connectivity index is 1.15. The molecule has 0 fully saturated rings. The summed E-state index contributed by atoms with van der Waals surface area (Å²) in [6.07, 6.45) is 0. The van der Waals surface area contributed by atoms with Gasteiger partial charge in [0.2, 0.25) is 0 Å². The highest BCUT2D eigenvalue weighted by Crippen LogP contribution is 2.42. The number of hydrogen-bond acceptors (Lipinski definition) is 4. The van der Waals surface area contributed by atoms with Crippen LogP contribution in [0.15, 0.2) is 180 Å². The molecular weight excluding hydrogens is 623 g/mol. The first-order valence-corrected chi connectivity index (χ1v) is 17.1. The molecule has 0 amide bonds. The van der Waals surface area contributed by atoms with Crippen LogP contribution in [0.25, 0.3) is 99.9 Å². The number of rotatable bonds is 5. The standard InChI is InChI=1S/C47H29N3O/c1-3-13-32(14-4-1)37-20-11-21-40-43-39-19-10-9-18-38(39)41(29-42(43)51-44(37)40)47-49-45(33-15-5-2-6-16-33)48-46(50-47)34-25-22-31(23-26-34)36-27-24-30-12-7-8-17-35(30)28-36/h1-29H. The van der Waals surface area contributed by atoms with Crippen LogP contribution in [0, 0.1) is 0 Å². The van der Waals surface area contributed by atoms with Crippen molar-refractivity contribution >= 4 is 43.5 Å². The minimum absolute atomic E-state index is 0.597. The molecule has 0 bridgehead atoms. The summed E-state index contributed by atoms with van der Waals surface area (Å²) in [6.45, 7) is 0. The van der Waals surface area contributed by atoms with Crippen molar-refractivity contribution in [3.8, 4) is 56.4 Å². The van der Waals surface area contributed by atoms with Gasteiger partial charge in [0.25, 0.3) is 0 Å². The lowest BCUT2D eigenvalue weighted by Crippen LogP contribution is -2.00. The smallest absolute Gasteiger partial charge is 0.164 e. The molecule has 0 aliphatic heterocycles. The van der Waals surface area contributed by atoms with Crippen LogP contribution < -0.4 is 0 Å². The van der Waals surface area contributed by atoms with Gasteiger partial charge in [-0.25, -0.2) is 15.0 Å². The second kappa shape index (κ2) is 11.9. The van der Waals surface area contributed by atoms with E-state index in [1.807, 2.05) is 36.4 Å². The molecule has 238 valence electrons. The lowest BCUT2D eigenvalue weighted by molar-refractivity contribution is 0.670. The normalized spacial score (nSPS) is 11.5. The summed E-state index contributed by atoms with van der Waals surface area (Å²) in [5, 5.41) is 6.77. The van der Waals surface area contributed by atoms with Crippen molar-refractivity contribution in [1.29, 1.82) is 0 Å². The molecule has 0 atom stereocenters. The number of aromatic nitrogens is 3. The molecule has 51 heavy (non-hydrogen) atoms. The summed E-state index contributed by atoms with van der Waals surface area (Å²) in [5.74, 6) is 1.83. The third kappa shape index (κ3) is 5.04. The Hall–Kier alpha value is -6.91. The van der Waals surface area contributed by atoms with Crippen LogP contribution in [0.5, 0.6) is 0 Å². The summed E-state index contributed by atoms with van der Waals surface area (Å²) < 4.78 is 6.75. The fourth-order valence-corrected chi connectivity index (χ4v) is 7.21. The van der Waals surface area contributed by atoms with E-state index < -0.39 is 0 Å². The molecule has 2 heterocycles. The summed E-state index contributed by atoms with van der Waals surface area (Å²) in [5.41, 5.74) is 8.90. The molecular formula is C47H29N3O. The van der Waals surface area contributed by atoms with E-state index in [4.69, 9.17) is 19.4 Å². The first-order chi connectivity index (χ1) is 25.3. The molecule has 2 aromatic heterocycles. The van der Waals surface area contributed by atoms with E-state index >= 15 is 0 Å². The van der Waals surface area contributed by atoms with Gasteiger partial charge < -0.3 is 4.42 Å². The molecule has 0 unspecified atom stereocenters. The fraction of sp³-hybridized carbons (Fsp3) is 0. The average molecular weight is 652 g/mol. The van der Waals surface area contributed by atoms with Gasteiger partial charge in [-0.3, -0.25) is 0 Å². The van der Waals surface area contributed by atoms with Crippen molar-refractivity contribution in [3.63, 3.8) is 0 Å². The van der Waals surface area contributed by atoms with Gasteiger partial charge in [0.15, 0.2) is 17.5 Å². The third-order valence-electron chi connectivity index (χ3n) is 9.72. The Morgan fingerprint density at radius 1 is 0.333 bits per heavy atom. The second-order valence-electron chi connectivity index (χ2n) is 12.8. The van der Waals surface area contributed by atoms with E-state index in [0.29, 0.717) is 17.5 Å². The highest BCUT2D eigenvalue weighted by Gasteiger charge is 2.20. The first kappa shape index (κ1) is 29.0. The minimum atomic E-state index is 0.597. The molecule has 0 aliphatic carbocycles. The molecule has 0 saturated carbocycles. The number of furan rings is 1. The first-order valence-electron chi connectivity index (χ1n) is 17.1. The van der Waals surface area contributed by atoms with Gasteiger partial charge in [0, 0.05) is 33.0 Å². The van der Waals surface area contributed by atoms with E-state index in [0.717, 1.165) is 66.1 Å². The molecule has 4 heteroatoms. The molecule has 10 rings (SSSR count). The number of benzene rings is 8. The quantitative estimate of drug-likeness (QED) is 0.186. The van der Waals surface area contributed by atoms with Gasteiger partial charge in [-0.2, -0.15) is 0 Å². The van der Waals surface area contributed by atoms with Gasteiger partial charge in [-0.1, -0.05) is 164 Å². The van der Waals surface area contributed by atoms with Crippen LogP contribution in [0.2, 0.25) is 0 Å². The molecule has 10 aromatic rings. The van der Waals surface area contributed by atoms with Gasteiger partial charge in [-0.05, 0) is 50.4 Å². The Labute approximate surface area is 294 Å². The Bertz CT molecular complexity index is 2900. The van der Waals surface area contributed by atoms with E-state index in [-0.39, 0.29) is 0 Å². The topological polar surface area (TPSA) is 51.8 Å². The van der Waals surface area contributed by atoms with Crippen LogP contribution in [-0.4, -0.2) is 15.0 Å². The summed E-state index contributed by atoms with van der Waals surface area (Å²) >= 11 is 0. The van der Waals surface area contributed by atoms with Gasteiger partial charge in [0.05, 0.1) is 0 Å². The number of para-hydroxylation sites is 1. The van der Waals surface area contributed by atoms with E-state index in [2.05, 4.69) is 140 Å². The van der Waals surface area contributed by atoms with Crippen LogP contribution >= 0.6 is 0 Å². The highest BCUT2D eigenvalue weighted by molar-refractivity contribution is 6.23. The number of hydrogen-bond donors (Lipinski definition) is 0. The molecule has 4 nitrogen and oxygen atoms in total. The van der Waals surface area contributed by atoms with E-state index in [9.17, 15) is 0 Å². The molecule has 0 aliphatic rings. The highest BCUT2D eigenvalue weighted by atomic mass is 16.3. The van der Waals surface area contributed by atoms with Crippen LogP contribution in [0.3, 0.4) is 0 Å². The van der Waals surface area contributed by atoms with E-state index in [1.165, 1.54) is 16.3 Å². The monoisotopic (exact) mass is 651 g/mol. The van der Waals surface area contributed by atoms with Crippen molar-refractivity contribution in [1.82, 2.24) is 15.0 Å². The van der Waals surface area contributed by atoms with Crippen molar-refractivity contribution in [3.05, 3.63) is 176 Å². The van der Waals surface area contributed by atoms with Crippen molar-refractivity contribution < 1.29 is 4.42 Å². The Kier molecular flexibility index (Phi) is 6.78. The summed E-state index contributed by atoms with van der Waals surface area (Å²) in [6, 6.07) is 61.0. The molecule has 0 radical (unpaired) electrons. The zero-order valence-corrected chi connectivity index (χ0v) is 27.5.